The number of hydrogen-bond donors (Lipinski definition) is 3. The second kappa shape index (κ2) is 13.3. The fraction of sp³-hybridized carbons (Fsp3) is 0.323. The Morgan fingerprint density at radius 1 is 0.953 bits per heavy atom. The van der Waals surface area contributed by atoms with Crippen molar-refractivity contribution in [2.24, 2.45) is 5.92 Å². The maximum atomic E-state index is 14.3. The van der Waals surface area contributed by atoms with E-state index in [1.54, 1.807) is 6.07 Å². The Balaban J connectivity index is 1.49. The monoisotopic (exact) mass is 600 g/mol. The molecule has 0 spiro atoms. The quantitative estimate of drug-likeness (QED) is 0.238. The maximum absolute atomic E-state index is 14.3. The summed E-state index contributed by atoms with van der Waals surface area (Å²) in [5.74, 6) is -1.95. The second-order valence-corrected chi connectivity index (χ2v) is 10.3. The fourth-order valence-corrected chi connectivity index (χ4v) is 4.69. The van der Waals surface area contributed by atoms with Crippen molar-refractivity contribution >= 4 is 5.91 Å². The first-order chi connectivity index (χ1) is 20.4. The molecule has 0 radical (unpaired) electrons. The van der Waals surface area contributed by atoms with E-state index in [1.807, 2.05) is 6.07 Å². The van der Waals surface area contributed by atoms with Crippen molar-refractivity contribution in [2.75, 3.05) is 0 Å². The van der Waals surface area contributed by atoms with Crippen LogP contribution in [0.2, 0.25) is 0 Å². The second-order valence-electron chi connectivity index (χ2n) is 10.3. The molecule has 1 aliphatic rings. The molecule has 3 aromatic carbocycles. The van der Waals surface area contributed by atoms with Gasteiger partial charge < -0.3 is 10.4 Å². The molecule has 4 rings (SSSR count). The predicted molar refractivity (Wildman–Crippen MR) is 144 cm³/mol. The van der Waals surface area contributed by atoms with Gasteiger partial charge in [0, 0.05) is 6.42 Å². The highest BCUT2D eigenvalue weighted by atomic mass is 19.4. The van der Waals surface area contributed by atoms with E-state index in [1.165, 1.54) is 60.7 Å². The van der Waals surface area contributed by atoms with Crippen molar-refractivity contribution < 1.29 is 36.2 Å². The summed E-state index contributed by atoms with van der Waals surface area (Å²) in [6.45, 7) is 0. The lowest BCUT2D eigenvalue weighted by Gasteiger charge is -2.28. The van der Waals surface area contributed by atoms with Crippen LogP contribution in [0, 0.1) is 34.4 Å². The smallest absolute Gasteiger partial charge is 0.382 e. The van der Waals surface area contributed by atoms with Gasteiger partial charge >= 0.3 is 6.18 Å². The van der Waals surface area contributed by atoms with Gasteiger partial charge in [0.15, 0.2) is 0 Å². The van der Waals surface area contributed by atoms with Crippen LogP contribution in [-0.2, 0) is 11.2 Å². The van der Waals surface area contributed by atoms with Crippen molar-refractivity contribution in [1.82, 2.24) is 10.6 Å². The van der Waals surface area contributed by atoms with Gasteiger partial charge in [-0.2, -0.15) is 23.7 Å². The number of alkyl halides is 5. The zero-order valence-corrected chi connectivity index (χ0v) is 22.5. The zero-order valence-electron chi connectivity index (χ0n) is 22.5. The molecule has 0 bridgehead atoms. The Morgan fingerprint density at radius 2 is 1.53 bits per heavy atom. The number of carbonyl (C=O) groups is 1. The number of aliphatic hydroxyl groups excluding tert-OH is 1. The molecule has 43 heavy (non-hydrogen) atoms. The first-order valence-corrected chi connectivity index (χ1v) is 13.3. The number of halogens is 6. The van der Waals surface area contributed by atoms with E-state index < -0.39 is 54.5 Å². The molecule has 0 unspecified atom stereocenters. The van der Waals surface area contributed by atoms with Gasteiger partial charge in [0.25, 0.3) is 6.43 Å². The summed E-state index contributed by atoms with van der Waals surface area (Å²) < 4.78 is 82.6. The van der Waals surface area contributed by atoms with Gasteiger partial charge in [-0.3, -0.25) is 10.1 Å². The summed E-state index contributed by atoms with van der Waals surface area (Å²) in [6.07, 6.45) is -8.94. The Bertz CT molecular complexity index is 1510. The van der Waals surface area contributed by atoms with Crippen molar-refractivity contribution in [1.29, 1.82) is 10.5 Å². The van der Waals surface area contributed by atoms with E-state index in [2.05, 4.69) is 10.6 Å². The molecule has 6 nitrogen and oxygen atoms in total. The Morgan fingerprint density at radius 3 is 2.00 bits per heavy atom. The SMILES string of the molecule is N#Cc1ccc(C[C@@H](C#N)NC(=O)[C@@H](N[C@@H](c2ccc(-c3ccc([C@@H](O)C(F)F)cc3)cc2)C(F)(F)F)C2CC2)c(F)c1. The van der Waals surface area contributed by atoms with Crippen LogP contribution in [-0.4, -0.2) is 35.7 Å². The number of carbonyl (C=O) groups excluding carboxylic acids is 1. The van der Waals surface area contributed by atoms with Gasteiger partial charge in [-0.25, -0.2) is 13.2 Å². The predicted octanol–water partition coefficient (Wildman–Crippen LogP) is 5.89. The summed E-state index contributed by atoms with van der Waals surface area (Å²) in [6, 6.07) is 13.5. The van der Waals surface area contributed by atoms with Crippen LogP contribution < -0.4 is 10.6 Å². The number of amides is 1. The Hall–Kier alpha value is -4.39. The number of nitrogens with zero attached hydrogens (tertiary/aromatic N) is 2. The molecule has 12 heteroatoms. The first kappa shape index (κ1) is 31.5. The average Bonchev–Trinajstić information content (AvgIpc) is 3.82. The van der Waals surface area contributed by atoms with E-state index in [4.69, 9.17) is 5.26 Å². The molecule has 224 valence electrons. The number of nitrogens with one attached hydrogen (secondary N) is 2. The van der Waals surface area contributed by atoms with Crippen LogP contribution in [0.1, 0.15) is 47.2 Å². The van der Waals surface area contributed by atoms with Crippen LogP contribution in [0.25, 0.3) is 11.1 Å². The molecule has 0 saturated heterocycles. The summed E-state index contributed by atoms with van der Waals surface area (Å²) in [5, 5.41) is 32.8. The molecule has 0 aromatic heterocycles. The van der Waals surface area contributed by atoms with Crippen LogP contribution in [0.5, 0.6) is 0 Å². The van der Waals surface area contributed by atoms with E-state index >= 15 is 0 Å². The molecule has 0 heterocycles. The summed E-state index contributed by atoms with van der Waals surface area (Å²) in [4.78, 5) is 13.1. The van der Waals surface area contributed by atoms with Crippen LogP contribution >= 0.6 is 0 Å². The standard InChI is InChI=1S/C31H26F6N4O2/c32-25-13-17(15-38)1-2-23(25)14-24(16-39)40-30(43)26(20-7-8-20)41-28(31(35,36)37)22-11-5-19(6-12-22)18-3-9-21(10-4-18)27(42)29(33)34/h1-6,9-13,20,24,26-29,41-42H,7-8,14H2,(H,40,43)/t24-,26-,27+,28-/m0/s1. The minimum absolute atomic E-state index is 0.00164. The highest BCUT2D eigenvalue weighted by Crippen LogP contribution is 2.39. The summed E-state index contributed by atoms with van der Waals surface area (Å²) in [7, 11) is 0. The highest BCUT2D eigenvalue weighted by Gasteiger charge is 2.46. The third-order valence-corrected chi connectivity index (χ3v) is 7.20. The lowest BCUT2D eigenvalue weighted by atomic mass is 9.98. The molecule has 4 atom stereocenters. The van der Waals surface area contributed by atoms with Gasteiger partial charge in [0.05, 0.1) is 23.7 Å². The molecule has 1 fully saturated rings. The number of hydrogen-bond acceptors (Lipinski definition) is 5. The third-order valence-electron chi connectivity index (χ3n) is 7.20. The minimum atomic E-state index is -4.79. The molecular weight excluding hydrogens is 574 g/mol. The molecule has 3 N–H and O–H groups in total. The van der Waals surface area contributed by atoms with E-state index in [0.717, 1.165) is 6.07 Å². The van der Waals surface area contributed by atoms with Gasteiger partial charge in [0.1, 0.15) is 24.0 Å². The number of nitriles is 2. The van der Waals surface area contributed by atoms with Gasteiger partial charge in [0.2, 0.25) is 5.91 Å². The molecule has 3 aromatic rings. The number of benzene rings is 3. The van der Waals surface area contributed by atoms with Gasteiger partial charge in [-0.15, -0.1) is 0 Å². The van der Waals surface area contributed by atoms with E-state index in [-0.39, 0.29) is 28.7 Å². The van der Waals surface area contributed by atoms with Crippen molar-refractivity contribution in [3.63, 3.8) is 0 Å². The Labute approximate surface area is 243 Å². The molecule has 1 saturated carbocycles. The summed E-state index contributed by atoms with van der Waals surface area (Å²) >= 11 is 0. The highest BCUT2D eigenvalue weighted by molar-refractivity contribution is 5.83. The normalized spacial score (nSPS) is 16.0. The topological polar surface area (TPSA) is 109 Å². The molecule has 0 aliphatic heterocycles. The average molecular weight is 601 g/mol. The van der Waals surface area contributed by atoms with Gasteiger partial charge in [-0.05, 0) is 58.7 Å². The largest absolute Gasteiger partial charge is 0.407 e. The van der Waals surface area contributed by atoms with Gasteiger partial charge in [-0.1, -0.05) is 54.6 Å². The van der Waals surface area contributed by atoms with E-state index in [0.29, 0.717) is 24.0 Å². The lowest BCUT2D eigenvalue weighted by Crippen LogP contribution is -2.52. The van der Waals surface area contributed by atoms with Crippen LogP contribution in [0.15, 0.2) is 66.7 Å². The van der Waals surface area contributed by atoms with Crippen LogP contribution in [0.3, 0.4) is 0 Å². The van der Waals surface area contributed by atoms with Crippen molar-refractivity contribution in [3.05, 3.63) is 94.8 Å². The minimum Gasteiger partial charge on any atom is -0.382 e. The first-order valence-electron chi connectivity index (χ1n) is 13.3. The number of rotatable bonds is 11. The van der Waals surface area contributed by atoms with Crippen molar-refractivity contribution in [3.8, 4) is 23.3 Å². The lowest BCUT2D eigenvalue weighted by molar-refractivity contribution is -0.161. The molecule has 1 amide bonds. The maximum Gasteiger partial charge on any atom is 0.407 e. The molecule has 1 aliphatic carbocycles. The Kier molecular flexibility index (Phi) is 9.74. The third kappa shape index (κ3) is 7.92. The summed E-state index contributed by atoms with van der Waals surface area (Å²) in [5.41, 5.74) is 1.01. The zero-order chi connectivity index (χ0) is 31.3. The molecular formula is C31H26F6N4O2. The number of aliphatic hydroxyl groups is 1. The van der Waals surface area contributed by atoms with Crippen LogP contribution in [0.4, 0.5) is 26.3 Å². The van der Waals surface area contributed by atoms with E-state index in [9.17, 15) is 41.5 Å². The van der Waals surface area contributed by atoms with Crippen molar-refractivity contribution in [2.45, 2.75) is 56.1 Å². The fourth-order valence-electron chi connectivity index (χ4n) is 4.69.